The Hall–Kier alpha value is -1.81. The number of nitrogens with zero attached hydrogens (tertiary/aromatic N) is 1. The summed E-state index contributed by atoms with van der Waals surface area (Å²) >= 11 is 0. The molecule has 0 saturated carbocycles. The van der Waals surface area contributed by atoms with Crippen molar-refractivity contribution >= 4 is 17.2 Å². The van der Waals surface area contributed by atoms with Gasteiger partial charge in [0, 0.05) is 23.5 Å². The Labute approximate surface area is 125 Å². The third-order valence-corrected chi connectivity index (χ3v) is 4.08. The molecular formula is C17H22N2O2. The van der Waals surface area contributed by atoms with Gasteiger partial charge in [0.25, 0.3) is 0 Å². The van der Waals surface area contributed by atoms with Crippen LogP contribution in [0.2, 0.25) is 0 Å². The van der Waals surface area contributed by atoms with Gasteiger partial charge in [0.05, 0.1) is 12.3 Å². The number of carbonyl (C=O) groups excluding carboxylic acids is 1. The Morgan fingerprint density at radius 3 is 2.86 bits per heavy atom. The van der Waals surface area contributed by atoms with Crippen LogP contribution < -0.4 is 4.74 Å². The number of nitrogens with one attached hydrogen (secondary N) is 1. The second-order valence-electron chi connectivity index (χ2n) is 5.70. The summed E-state index contributed by atoms with van der Waals surface area (Å²) in [6, 6.07) is 7.76. The van der Waals surface area contributed by atoms with Crippen LogP contribution in [-0.2, 0) is 0 Å². The fraction of sp³-hybridized carbons (Fsp3) is 0.471. The first kappa shape index (κ1) is 14.1. The number of hydrogen-bond acceptors (Lipinski definition) is 3. The van der Waals surface area contributed by atoms with Crippen molar-refractivity contribution in [2.24, 2.45) is 0 Å². The Morgan fingerprint density at radius 1 is 1.19 bits per heavy atom. The van der Waals surface area contributed by atoms with Gasteiger partial charge >= 0.3 is 0 Å². The molecule has 4 nitrogen and oxygen atoms in total. The zero-order valence-corrected chi connectivity index (χ0v) is 12.3. The monoisotopic (exact) mass is 286 g/mol. The van der Waals surface area contributed by atoms with Crippen LogP contribution >= 0.6 is 0 Å². The molecule has 1 aliphatic rings. The van der Waals surface area contributed by atoms with E-state index in [4.69, 9.17) is 4.74 Å². The first-order valence-corrected chi connectivity index (χ1v) is 7.78. The number of fused-ring (bicyclic) bond motifs is 1. The standard InChI is InChI=1S/C17H22N2O2/c20-13-15-11-14-5-6-16(12-17(14)18-15)21-10-4-9-19-7-2-1-3-8-19/h5-6,11-13,18H,1-4,7-10H2. The molecule has 1 aliphatic heterocycles. The predicted molar refractivity (Wildman–Crippen MR) is 84.1 cm³/mol. The highest BCUT2D eigenvalue weighted by atomic mass is 16.5. The number of benzene rings is 1. The number of ether oxygens (including phenoxy) is 1. The maximum atomic E-state index is 10.8. The van der Waals surface area contributed by atoms with Gasteiger partial charge in [-0.3, -0.25) is 4.79 Å². The van der Waals surface area contributed by atoms with Crippen LogP contribution in [0.15, 0.2) is 24.3 Å². The molecule has 0 radical (unpaired) electrons. The summed E-state index contributed by atoms with van der Waals surface area (Å²) in [6.45, 7) is 4.34. The van der Waals surface area contributed by atoms with E-state index in [-0.39, 0.29) is 0 Å². The van der Waals surface area contributed by atoms with Crippen LogP contribution in [-0.4, -0.2) is 42.4 Å². The second kappa shape index (κ2) is 6.76. The van der Waals surface area contributed by atoms with Gasteiger partial charge in [-0.1, -0.05) is 6.42 Å². The molecule has 1 aromatic heterocycles. The summed E-state index contributed by atoms with van der Waals surface area (Å²) < 4.78 is 5.81. The average molecular weight is 286 g/mol. The van der Waals surface area contributed by atoms with Crippen molar-refractivity contribution < 1.29 is 9.53 Å². The maximum Gasteiger partial charge on any atom is 0.166 e. The van der Waals surface area contributed by atoms with Crippen LogP contribution in [0.3, 0.4) is 0 Å². The third kappa shape index (κ3) is 3.64. The lowest BCUT2D eigenvalue weighted by molar-refractivity contribution is 0.112. The third-order valence-electron chi connectivity index (χ3n) is 4.08. The van der Waals surface area contributed by atoms with Gasteiger partial charge in [-0.05, 0) is 50.6 Å². The van der Waals surface area contributed by atoms with E-state index < -0.39 is 0 Å². The van der Waals surface area contributed by atoms with Crippen molar-refractivity contribution in [1.82, 2.24) is 9.88 Å². The molecule has 4 heteroatoms. The number of aromatic amines is 1. The van der Waals surface area contributed by atoms with Crippen molar-refractivity contribution in [1.29, 1.82) is 0 Å². The van der Waals surface area contributed by atoms with Crippen molar-refractivity contribution in [2.75, 3.05) is 26.2 Å². The molecule has 3 rings (SSSR count). The van der Waals surface area contributed by atoms with Gasteiger partial charge in [-0.15, -0.1) is 0 Å². The molecule has 1 fully saturated rings. The summed E-state index contributed by atoms with van der Waals surface area (Å²) in [6.07, 6.45) is 5.94. The summed E-state index contributed by atoms with van der Waals surface area (Å²) in [5.74, 6) is 0.862. The largest absolute Gasteiger partial charge is 0.493 e. The van der Waals surface area contributed by atoms with Crippen LogP contribution in [0.1, 0.15) is 36.2 Å². The summed E-state index contributed by atoms with van der Waals surface area (Å²) in [4.78, 5) is 16.4. The highest BCUT2D eigenvalue weighted by Crippen LogP contribution is 2.21. The summed E-state index contributed by atoms with van der Waals surface area (Å²) in [5.41, 5.74) is 1.55. The minimum absolute atomic E-state index is 0.604. The van der Waals surface area contributed by atoms with Gasteiger partial charge in [0.15, 0.2) is 6.29 Å². The number of piperidine rings is 1. The minimum atomic E-state index is 0.604. The first-order chi connectivity index (χ1) is 10.3. The maximum absolute atomic E-state index is 10.8. The lowest BCUT2D eigenvalue weighted by Crippen LogP contribution is -2.31. The Morgan fingerprint density at radius 2 is 2.05 bits per heavy atom. The lowest BCUT2D eigenvalue weighted by Gasteiger charge is -2.26. The molecule has 1 N–H and O–H groups in total. The highest BCUT2D eigenvalue weighted by Gasteiger charge is 2.09. The van der Waals surface area contributed by atoms with E-state index in [1.54, 1.807) is 0 Å². The van der Waals surface area contributed by atoms with Crippen molar-refractivity contribution in [3.05, 3.63) is 30.0 Å². The number of likely N-dealkylation sites (tertiary alicyclic amines) is 1. The Bertz CT molecular complexity index is 600. The topological polar surface area (TPSA) is 45.3 Å². The Balaban J connectivity index is 1.49. The Kier molecular flexibility index (Phi) is 4.55. The molecule has 0 amide bonds. The number of rotatable bonds is 6. The predicted octanol–water partition coefficient (Wildman–Crippen LogP) is 3.24. The quantitative estimate of drug-likeness (QED) is 0.655. The average Bonchev–Trinajstić information content (AvgIpc) is 2.95. The van der Waals surface area contributed by atoms with Gasteiger partial charge in [0.2, 0.25) is 0 Å². The van der Waals surface area contributed by atoms with Gasteiger partial charge in [-0.2, -0.15) is 0 Å². The van der Waals surface area contributed by atoms with Gasteiger partial charge in [-0.25, -0.2) is 0 Å². The molecule has 0 bridgehead atoms. The fourth-order valence-electron chi connectivity index (χ4n) is 2.94. The number of H-pyrrole nitrogens is 1. The zero-order valence-electron chi connectivity index (χ0n) is 12.3. The zero-order chi connectivity index (χ0) is 14.5. The fourth-order valence-corrected chi connectivity index (χ4v) is 2.94. The van der Waals surface area contributed by atoms with E-state index in [1.807, 2.05) is 24.3 Å². The number of hydrogen-bond donors (Lipinski definition) is 1. The van der Waals surface area contributed by atoms with Crippen LogP contribution in [0.5, 0.6) is 5.75 Å². The van der Waals surface area contributed by atoms with E-state index in [1.165, 1.54) is 32.4 Å². The molecule has 1 aromatic carbocycles. The molecule has 0 atom stereocenters. The molecule has 0 spiro atoms. The molecule has 2 heterocycles. The van der Waals surface area contributed by atoms with Crippen LogP contribution in [0, 0.1) is 0 Å². The second-order valence-corrected chi connectivity index (χ2v) is 5.70. The first-order valence-electron chi connectivity index (χ1n) is 7.78. The van der Waals surface area contributed by atoms with Crippen LogP contribution in [0.4, 0.5) is 0 Å². The van der Waals surface area contributed by atoms with E-state index in [2.05, 4.69) is 9.88 Å². The molecule has 2 aromatic rings. The van der Waals surface area contributed by atoms with Crippen molar-refractivity contribution in [2.45, 2.75) is 25.7 Å². The van der Waals surface area contributed by atoms with Gasteiger partial charge < -0.3 is 14.6 Å². The van der Waals surface area contributed by atoms with Crippen molar-refractivity contribution in [3.8, 4) is 5.75 Å². The SMILES string of the molecule is O=Cc1cc2ccc(OCCCN3CCCCC3)cc2[nH]1. The molecule has 112 valence electrons. The molecule has 0 aliphatic carbocycles. The van der Waals surface area contributed by atoms with E-state index in [9.17, 15) is 4.79 Å². The molecule has 1 saturated heterocycles. The summed E-state index contributed by atoms with van der Waals surface area (Å²) in [5, 5.41) is 1.04. The lowest BCUT2D eigenvalue weighted by atomic mass is 10.1. The molecule has 21 heavy (non-hydrogen) atoms. The minimum Gasteiger partial charge on any atom is -0.493 e. The molecule has 0 unspecified atom stereocenters. The normalized spacial score (nSPS) is 16.2. The summed E-state index contributed by atoms with van der Waals surface area (Å²) in [7, 11) is 0. The van der Waals surface area contributed by atoms with E-state index in [0.29, 0.717) is 5.69 Å². The number of carbonyl (C=O) groups is 1. The van der Waals surface area contributed by atoms with Crippen molar-refractivity contribution in [3.63, 3.8) is 0 Å². The van der Waals surface area contributed by atoms with E-state index in [0.717, 1.165) is 42.5 Å². The highest BCUT2D eigenvalue weighted by molar-refractivity contribution is 5.88. The van der Waals surface area contributed by atoms with Crippen LogP contribution in [0.25, 0.3) is 10.9 Å². The smallest absolute Gasteiger partial charge is 0.166 e. The van der Waals surface area contributed by atoms with E-state index >= 15 is 0 Å². The molecular weight excluding hydrogens is 264 g/mol. The van der Waals surface area contributed by atoms with Gasteiger partial charge in [0.1, 0.15) is 5.75 Å². The number of aromatic nitrogens is 1. The number of aldehydes is 1.